The molecule has 0 unspecified atom stereocenters. The molecule has 1 saturated heterocycles. The van der Waals surface area contributed by atoms with Crippen molar-refractivity contribution in [3.8, 4) is 17.0 Å². The minimum absolute atomic E-state index is 0.107. The first-order valence-electron chi connectivity index (χ1n) is 12.6. The predicted octanol–water partition coefficient (Wildman–Crippen LogP) is 3.54. The highest BCUT2D eigenvalue weighted by Gasteiger charge is 2.25. The summed E-state index contributed by atoms with van der Waals surface area (Å²) in [4.78, 5) is 26.1. The molecule has 1 aliphatic heterocycles. The van der Waals surface area contributed by atoms with E-state index in [4.69, 9.17) is 4.74 Å². The van der Waals surface area contributed by atoms with Crippen molar-refractivity contribution in [3.63, 3.8) is 0 Å². The van der Waals surface area contributed by atoms with Gasteiger partial charge in [-0.2, -0.15) is 4.31 Å². The van der Waals surface area contributed by atoms with Crippen molar-refractivity contribution in [2.45, 2.75) is 25.7 Å². The van der Waals surface area contributed by atoms with Gasteiger partial charge in [0.05, 0.1) is 17.2 Å². The third-order valence-corrected chi connectivity index (χ3v) is 8.51. The molecule has 1 aromatic heterocycles. The van der Waals surface area contributed by atoms with Crippen LogP contribution in [0, 0.1) is 0 Å². The fraction of sp³-hybridized carbons (Fsp3) is 0.370. The molecule has 1 amide bonds. The summed E-state index contributed by atoms with van der Waals surface area (Å²) in [5, 5.41) is 0. The highest BCUT2D eigenvalue weighted by atomic mass is 32.2. The van der Waals surface area contributed by atoms with Crippen LogP contribution in [0.25, 0.3) is 11.3 Å². The van der Waals surface area contributed by atoms with E-state index in [0.29, 0.717) is 51.4 Å². The molecule has 10 heteroatoms. The number of ether oxygens (including phenoxy) is 1. The van der Waals surface area contributed by atoms with Gasteiger partial charge in [0, 0.05) is 56.5 Å². The Balaban J connectivity index is 1.39. The summed E-state index contributed by atoms with van der Waals surface area (Å²) < 4.78 is 32.3. The Kier molecular flexibility index (Phi) is 8.40. The minimum Gasteiger partial charge on any atom is -0.494 e. The number of carbonyl (C=O) groups is 1. The van der Waals surface area contributed by atoms with Crippen molar-refractivity contribution < 1.29 is 17.9 Å². The summed E-state index contributed by atoms with van der Waals surface area (Å²) in [7, 11) is -3.55. The molecular formula is C27H33N5O4S. The Hall–Kier alpha value is -3.50. The number of hydrogen-bond acceptors (Lipinski definition) is 7. The number of aromatic nitrogens is 2. The average Bonchev–Trinajstić information content (AvgIpc) is 2.94. The third kappa shape index (κ3) is 5.91. The summed E-state index contributed by atoms with van der Waals surface area (Å²) in [6, 6.07) is 16.0. The van der Waals surface area contributed by atoms with Gasteiger partial charge in [0.1, 0.15) is 17.9 Å². The molecule has 0 bridgehead atoms. The van der Waals surface area contributed by atoms with Gasteiger partial charge < -0.3 is 14.5 Å². The number of benzene rings is 2. The van der Waals surface area contributed by atoms with Crippen molar-refractivity contribution in [2.75, 3.05) is 50.8 Å². The van der Waals surface area contributed by atoms with Crippen LogP contribution in [0.4, 0.5) is 5.82 Å². The van der Waals surface area contributed by atoms with E-state index in [-0.39, 0.29) is 10.8 Å². The van der Waals surface area contributed by atoms with Gasteiger partial charge in [-0.25, -0.2) is 18.4 Å². The van der Waals surface area contributed by atoms with E-state index in [1.165, 1.54) is 16.4 Å². The van der Waals surface area contributed by atoms with Gasteiger partial charge in [-0.15, -0.1) is 0 Å². The molecule has 0 atom stereocenters. The first kappa shape index (κ1) is 26.6. The topological polar surface area (TPSA) is 95.9 Å². The van der Waals surface area contributed by atoms with Gasteiger partial charge in [-0.1, -0.05) is 13.8 Å². The van der Waals surface area contributed by atoms with E-state index in [1.54, 1.807) is 37.2 Å². The average molecular weight is 524 g/mol. The Bertz CT molecular complexity index is 1300. The third-order valence-electron chi connectivity index (χ3n) is 6.45. The van der Waals surface area contributed by atoms with E-state index >= 15 is 0 Å². The van der Waals surface area contributed by atoms with Crippen molar-refractivity contribution in [2.24, 2.45) is 0 Å². The maximum absolute atomic E-state index is 13.1. The Morgan fingerprint density at radius 3 is 2.16 bits per heavy atom. The summed E-state index contributed by atoms with van der Waals surface area (Å²) in [6.07, 6.45) is 1.56. The largest absolute Gasteiger partial charge is 0.494 e. The number of hydrogen-bond donors (Lipinski definition) is 0. The Labute approximate surface area is 218 Å². The van der Waals surface area contributed by atoms with Crippen LogP contribution < -0.4 is 9.64 Å². The van der Waals surface area contributed by atoms with E-state index in [0.717, 1.165) is 22.8 Å². The molecule has 0 saturated carbocycles. The Morgan fingerprint density at radius 1 is 0.919 bits per heavy atom. The molecule has 196 valence electrons. The maximum Gasteiger partial charge on any atom is 0.253 e. The first-order valence-corrected chi connectivity index (χ1v) is 14.0. The molecule has 3 aromatic rings. The predicted molar refractivity (Wildman–Crippen MR) is 143 cm³/mol. The van der Waals surface area contributed by atoms with E-state index in [1.807, 2.05) is 37.3 Å². The van der Waals surface area contributed by atoms with Gasteiger partial charge in [0.15, 0.2) is 0 Å². The highest BCUT2D eigenvalue weighted by Crippen LogP contribution is 2.24. The second kappa shape index (κ2) is 11.7. The molecule has 9 nitrogen and oxygen atoms in total. The summed E-state index contributed by atoms with van der Waals surface area (Å²) in [5.74, 6) is 1.53. The summed E-state index contributed by atoms with van der Waals surface area (Å²) in [5.41, 5.74) is 2.28. The second-order valence-electron chi connectivity index (χ2n) is 8.61. The molecule has 0 spiro atoms. The first-order chi connectivity index (χ1) is 17.9. The number of anilines is 1. The second-order valence-corrected chi connectivity index (χ2v) is 10.5. The lowest BCUT2D eigenvalue weighted by molar-refractivity contribution is 0.0746. The molecule has 37 heavy (non-hydrogen) atoms. The minimum atomic E-state index is -3.55. The number of piperazine rings is 1. The number of rotatable bonds is 9. The number of nitrogens with zero attached hydrogens (tertiary/aromatic N) is 5. The normalized spacial score (nSPS) is 14.2. The standard InChI is InChI=1S/C27H33N5O4S/c1-4-32(5-2)37(34,35)24-13-9-22(10-14-24)27(33)31-17-15-30(16-18-31)26-19-25(28-20-29-26)21-7-11-23(12-8-21)36-6-3/h7-14,19-20H,4-6,15-18H2,1-3H3. The van der Waals surface area contributed by atoms with Crippen LogP contribution in [0.1, 0.15) is 31.1 Å². The van der Waals surface area contributed by atoms with Gasteiger partial charge in [-0.05, 0) is 55.5 Å². The van der Waals surface area contributed by atoms with E-state index < -0.39 is 10.0 Å². The zero-order valence-corrected chi connectivity index (χ0v) is 22.3. The fourth-order valence-electron chi connectivity index (χ4n) is 4.37. The zero-order valence-electron chi connectivity index (χ0n) is 21.5. The lowest BCUT2D eigenvalue weighted by atomic mass is 10.1. The van der Waals surface area contributed by atoms with Gasteiger partial charge in [0.2, 0.25) is 10.0 Å². The molecule has 1 aliphatic rings. The molecule has 2 heterocycles. The highest BCUT2D eigenvalue weighted by molar-refractivity contribution is 7.89. The molecule has 1 fully saturated rings. The number of amides is 1. The molecular weight excluding hydrogens is 490 g/mol. The van der Waals surface area contributed by atoms with Crippen LogP contribution in [-0.4, -0.2) is 79.4 Å². The zero-order chi connectivity index (χ0) is 26.4. The maximum atomic E-state index is 13.1. The number of carbonyl (C=O) groups excluding carboxylic acids is 1. The van der Waals surface area contributed by atoms with Crippen LogP contribution >= 0.6 is 0 Å². The SMILES string of the molecule is CCOc1ccc(-c2cc(N3CCN(C(=O)c4ccc(S(=O)(=O)N(CC)CC)cc4)CC3)ncn2)cc1. The monoisotopic (exact) mass is 523 g/mol. The van der Waals surface area contributed by atoms with Crippen LogP contribution in [0.3, 0.4) is 0 Å². The van der Waals surface area contributed by atoms with Gasteiger partial charge >= 0.3 is 0 Å². The van der Waals surface area contributed by atoms with Crippen LogP contribution in [0.5, 0.6) is 5.75 Å². The Morgan fingerprint density at radius 2 is 1.57 bits per heavy atom. The van der Waals surface area contributed by atoms with Crippen molar-refractivity contribution >= 4 is 21.7 Å². The van der Waals surface area contributed by atoms with Crippen LogP contribution in [0.15, 0.2) is 65.8 Å². The summed E-state index contributed by atoms with van der Waals surface area (Å²) in [6.45, 7) is 9.35. The van der Waals surface area contributed by atoms with Crippen molar-refractivity contribution in [1.29, 1.82) is 0 Å². The van der Waals surface area contributed by atoms with Gasteiger partial charge in [-0.3, -0.25) is 4.79 Å². The van der Waals surface area contributed by atoms with Crippen molar-refractivity contribution in [3.05, 3.63) is 66.5 Å². The lowest BCUT2D eigenvalue weighted by Gasteiger charge is -2.35. The van der Waals surface area contributed by atoms with Crippen molar-refractivity contribution in [1.82, 2.24) is 19.2 Å². The lowest BCUT2D eigenvalue weighted by Crippen LogP contribution is -2.49. The number of sulfonamides is 1. The smallest absolute Gasteiger partial charge is 0.253 e. The molecule has 0 radical (unpaired) electrons. The molecule has 2 aromatic carbocycles. The molecule has 0 N–H and O–H groups in total. The van der Waals surface area contributed by atoms with Crippen LogP contribution in [-0.2, 0) is 10.0 Å². The molecule has 4 rings (SSSR count). The summed E-state index contributed by atoms with van der Waals surface area (Å²) >= 11 is 0. The van der Waals surface area contributed by atoms with Crippen LogP contribution in [0.2, 0.25) is 0 Å². The quantitative estimate of drug-likeness (QED) is 0.423. The van der Waals surface area contributed by atoms with Gasteiger partial charge in [0.25, 0.3) is 5.91 Å². The fourth-order valence-corrected chi connectivity index (χ4v) is 5.83. The van der Waals surface area contributed by atoms with E-state index in [2.05, 4.69) is 14.9 Å². The van der Waals surface area contributed by atoms with E-state index in [9.17, 15) is 13.2 Å². The molecule has 0 aliphatic carbocycles.